The van der Waals surface area contributed by atoms with Gasteiger partial charge in [-0.25, -0.2) is 4.79 Å². The van der Waals surface area contributed by atoms with Crippen LogP contribution in [-0.2, 0) is 4.79 Å². The number of nitrogens with one attached hydrogen (secondary N) is 2. The minimum atomic E-state index is -0.861. The Labute approximate surface area is 148 Å². The molecule has 3 rings (SSSR count). The van der Waals surface area contributed by atoms with Crippen LogP contribution in [0.25, 0.3) is 0 Å². The zero-order valence-electron chi connectivity index (χ0n) is 15.1. The summed E-state index contributed by atoms with van der Waals surface area (Å²) in [7, 11) is 0. The summed E-state index contributed by atoms with van der Waals surface area (Å²) in [6.07, 6.45) is 1.28. The maximum absolute atomic E-state index is 12.2. The molecule has 0 radical (unpaired) electrons. The van der Waals surface area contributed by atoms with Crippen molar-refractivity contribution in [1.29, 1.82) is 0 Å². The second-order valence-electron chi connectivity index (χ2n) is 7.59. The third-order valence-corrected chi connectivity index (χ3v) is 5.62. The number of β-amino-alcohol motifs (C(OH)–C–C–N with tert-alkyl or cyclic N) is 1. The van der Waals surface area contributed by atoms with E-state index in [1.54, 1.807) is 6.92 Å². The summed E-state index contributed by atoms with van der Waals surface area (Å²) < 4.78 is 0. The number of carbonyl (C=O) groups is 2. The Morgan fingerprint density at radius 2 is 2.12 bits per heavy atom. The molecule has 2 fully saturated rings. The number of hydrogen-bond donors (Lipinski definition) is 3. The van der Waals surface area contributed by atoms with Crippen molar-refractivity contribution in [2.24, 2.45) is 5.92 Å². The molecule has 25 heavy (non-hydrogen) atoms. The number of carbonyl (C=O) groups excluding carboxylic acids is 2. The molecule has 2 aliphatic rings. The molecule has 3 N–H and O–H groups in total. The van der Waals surface area contributed by atoms with E-state index >= 15 is 0 Å². The number of aliphatic hydroxyl groups excluding tert-OH is 1. The minimum Gasteiger partial charge on any atom is -0.387 e. The van der Waals surface area contributed by atoms with Crippen molar-refractivity contribution in [2.45, 2.75) is 45.3 Å². The van der Waals surface area contributed by atoms with Crippen molar-refractivity contribution < 1.29 is 14.7 Å². The van der Waals surface area contributed by atoms with E-state index in [1.165, 1.54) is 0 Å². The second-order valence-corrected chi connectivity index (χ2v) is 7.59. The molecule has 1 aromatic rings. The molecule has 0 aromatic heterocycles. The van der Waals surface area contributed by atoms with Gasteiger partial charge in [-0.05, 0) is 51.3 Å². The average molecular weight is 345 g/mol. The van der Waals surface area contributed by atoms with Crippen LogP contribution in [0.15, 0.2) is 18.2 Å². The SMILES string of the molecule is Cc1ccc(C)c([C@H](O)CN2CCC[C@@H]([C@]3(C)NC(=O)NC3=O)C2)c1. The molecule has 3 atom stereocenters. The van der Waals surface area contributed by atoms with Gasteiger partial charge in [0, 0.05) is 19.0 Å². The van der Waals surface area contributed by atoms with Crippen LogP contribution in [0, 0.1) is 19.8 Å². The van der Waals surface area contributed by atoms with Crippen LogP contribution in [0.2, 0.25) is 0 Å². The predicted octanol–water partition coefficient (Wildman–Crippen LogP) is 1.65. The highest BCUT2D eigenvalue weighted by molar-refractivity contribution is 6.06. The Morgan fingerprint density at radius 3 is 2.80 bits per heavy atom. The van der Waals surface area contributed by atoms with Gasteiger partial charge in [0.25, 0.3) is 5.91 Å². The summed E-state index contributed by atoms with van der Waals surface area (Å²) in [6, 6.07) is 5.70. The highest BCUT2D eigenvalue weighted by Gasteiger charge is 2.48. The molecule has 1 aromatic carbocycles. The van der Waals surface area contributed by atoms with Gasteiger partial charge >= 0.3 is 6.03 Å². The smallest absolute Gasteiger partial charge is 0.322 e. The minimum absolute atomic E-state index is 0.0403. The van der Waals surface area contributed by atoms with Gasteiger partial charge in [0.05, 0.1) is 6.10 Å². The lowest BCUT2D eigenvalue weighted by molar-refractivity contribution is -0.126. The molecule has 0 saturated carbocycles. The summed E-state index contributed by atoms with van der Waals surface area (Å²) in [5, 5.41) is 15.8. The number of rotatable bonds is 4. The number of aryl methyl sites for hydroxylation is 2. The number of aliphatic hydroxyl groups is 1. The van der Waals surface area contributed by atoms with E-state index in [9.17, 15) is 14.7 Å². The molecule has 2 saturated heterocycles. The van der Waals surface area contributed by atoms with Crippen LogP contribution >= 0.6 is 0 Å². The Morgan fingerprint density at radius 1 is 1.36 bits per heavy atom. The van der Waals surface area contributed by atoms with Gasteiger partial charge < -0.3 is 15.3 Å². The molecule has 3 amide bonds. The lowest BCUT2D eigenvalue weighted by Gasteiger charge is -2.40. The Hall–Kier alpha value is -1.92. The van der Waals surface area contributed by atoms with Crippen molar-refractivity contribution in [1.82, 2.24) is 15.5 Å². The zero-order chi connectivity index (χ0) is 18.2. The first-order valence-electron chi connectivity index (χ1n) is 8.91. The molecule has 0 aliphatic carbocycles. The fourth-order valence-electron chi connectivity index (χ4n) is 4.00. The molecule has 2 heterocycles. The molecule has 136 valence electrons. The normalized spacial score (nSPS) is 28.6. The van der Waals surface area contributed by atoms with Crippen LogP contribution in [0.5, 0.6) is 0 Å². The van der Waals surface area contributed by atoms with E-state index in [4.69, 9.17) is 0 Å². The van der Waals surface area contributed by atoms with Gasteiger partial charge in [-0.2, -0.15) is 0 Å². The van der Waals surface area contributed by atoms with Crippen molar-refractivity contribution in [3.8, 4) is 0 Å². The molecule has 6 nitrogen and oxygen atoms in total. The quantitative estimate of drug-likeness (QED) is 0.725. The maximum atomic E-state index is 12.2. The Kier molecular flexibility index (Phi) is 4.84. The lowest BCUT2D eigenvalue weighted by atomic mass is 9.80. The highest BCUT2D eigenvalue weighted by Crippen LogP contribution is 2.31. The largest absolute Gasteiger partial charge is 0.387 e. The topological polar surface area (TPSA) is 81.7 Å². The fraction of sp³-hybridized carbons (Fsp3) is 0.579. The molecule has 2 aliphatic heterocycles. The third-order valence-electron chi connectivity index (χ3n) is 5.62. The first-order chi connectivity index (χ1) is 11.8. The number of urea groups is 1. The number of piperidine rings is 1. The standard InChI is InChI=1S/C19H27N3O3/c1-12-6-7-13(2)15(9-12)16(23)11-22-8-4-5-14(10-22)19(3)17(24)20-18(25)21-19/h6-7,9,14,16,23H,4-5,8,10-11H2,1-3H3,(H2,20,21,24,25)/t14-,16-,19+/m1/s1. The zero-order valence-corrected chi connectivity index (χ0v) is 15.1. The number of nitrogens with zero attached hydrogens (tertiary/aromatic N) is 1. The van der Waals surface area contributed by atoms with Crippen LogP contribution in [0.1, 0.15) is 42.6 Å². The fourth-order valence-corrected chi connectivity index (χ4v) is 4.00. The monoisotopic (exact) mass is 345 g/mol. The Bertz CT molecular complexity index is 690. The lowest BCUT2D eigenvalue weighted by Crippen LogP contribution is -2.56. The number of likely N-dealkylation sites (tertiary alicyclic amines) is 1. The van der Waals surface area contributed by atoms with Crippen molar-refractivity contribution in [2.75, 3.05) is 19.6 Å². The van der Waals surface area contributed by atoms with E-state index < -0.39 is 17.7 Å². The van der Waals surface area contributed by atoms with Crippen molar-refractivity contribution >= 4 is 11.9 Å². The molecular weight excluding hydrogens is 318 g/mol. The third kappa shape index (κ3) is 3.55. The van der Waals surface area contributed by atoms with Crippen molar-refractivity contribution in [3.63, 3.8) is 0 Å². The van der Waals surface area contributed by atoms with E-state index in [0.29, 0.717) is 13.1 Å². The van der Waals surface area contributed by atoms with Crippen LogP contribution in [-0.4, -0.2) is 47.1 Å². The first-order valence-corrected chi connectivity index (χ1v) is 8.91. The first kappa shape index (κ1) is 17.9. The van der Waals surface area contributed by atoms with Gasteiger partial charge in [-0.1, -0.05) is 23.8 Å². The number of benzene rings is 1. The van der Waals surface area contributed by atoms with Gasteiger partial charge in [0.15, 0.2) is 0 Å². The summed E-state index contributed by atoms with van der Waals surface area (Å²) >= 11 is 0. The summed E-state index contributed by atoms with van der Waals surface area (Å²) in [5.41, 5.74) is 2.32. The number of imide groups is 1. The van der Waals surface area contributed by atoms with Gasteiger partial charge in [0.2, 0.25) is 0 Å². The molecular formula is C19H27N3O3. The van der Waals surface area contributed by atoms with Crippen molar-refractivity contribution in [3.05, 3.63) is 34.9 Å². The molecule has 6 heteroatoms. The predicted molar refractivity (Wildman–Crippen MR) is 95.1 cm³/mol. The van der Waals surface area contributed by atoms with Crippen LogP contribution in [0.3, 0.4) is 0 Å². The maximum Gasteiger partial charge on any atom is 0.322 e. The van der Waals surface area contributed by atoms with E-state index in [-0.39, 0.29) is 11.8 Å². The second kappa shape index (κ2) is 6.77. The summed E-state index contributed by atoms with van der Waals surface area (Å²) in [4.78, 5) is 25.9. The van der Waals surface area contributed by atoms with E-state index in [1.807, 2.05) is 32.0 Å². The van der Waals surface area contributed by atoms with Gasteiger partial charge in [-0.15, -0.1) is 0 Å². The average Bonchev–Trinajstić information content (AvgIpc) is 2.83. The summed E-state index contributed by atoms with van der Waals surface area (Å²) in [5.74, 6) is -0.210. The molecule has 0 unspecified atom stereocenters. The Balaban J connectivity index is 1.68. The molecule has 0 spiro atoms. The number of hydrogen-bond acceptors (Lipinski definition) is 4. The van der Waals surface area contributed by atoms with Crippen LogP contribution in [0.4, 0.5) is 4.79 Å². The van der Waals surface area contributed by atoms with Crippen LogP contribution < -0.4 is 10.6 Å². The highest BCUT2D eigenvalue weighted by atomic mass is 16.3. The summed E-state index contributed by atoms with van der Waals surface area (Å²) in [6.45, 7) is 7.94. The van der Waals surface area contributed by atoms with Gasteiger partial charge in [0.1, 0.15) is 5.54 Å². The van der Waals surface area contributed by atoms with E-state index in [0.717, 1.165) is 36.1 Å². The van der Waals surface area contributed by atoms with Gasteiger partial charge in [-0.3, -0.25) is 10.1 Å². The van der Waals surface area contributed by atoms with E-state index in [2.05, 4.69) is 15.5 Å². The molecule has 0 bridgehead atoms. The number of amides is 3.